The number of rotatable bonds is 4. The number of hydrogen-bond acceptors (Lipinski definition) is 3. The fourth-order valence-corrected chi connectivity index (χ4v) is 2.28. The molecule has 4 heteroatoms. The second-order valence-electron chi connectivity index (χ2n) is 3.61. The third-order valence-electron chi connectivity index (χ3n) is 2.29. The van der Waals surface area contributed by atoms with E-state index in [4.69, 9.17) is 5.26 Å². The van der Waals surface area contributed by atoms with E-state index in [2.05, 4.69) is 11.4 Å². The van der Waals surface area contributed by atoms with E-state index in [1.54, 1.807) is 6.07 Å². The van der Waals surface area contributed by atoms with Crippen molar-refractivity contribution in [2.24, 2.45) is 0 Å². The van der Waals surface area contributed by atoms with Gasteiger partial charge < -0.3 is 5.32 Å². The number of nitriles is 1. The van der Waals surface area contributed by atoms with Gasteiger partial charge in [0.05, 0.1) is 0 Å². The molecule has 0 amide bonds. The second kappa shape index (κ2) is 5.58. The van der Waals surface area contributed by atoms with Crippen molar-refractivity contribution >= 4 is 11.3 Å². The molecule has 2 aromatic rings. The second-order valence-corrected chi connectivity index (χ2v) is 4.78. The van der Waals surface area contributed by atoms with Gasteiger partial charge in [0.15, 0.2) is 0 Å². The van der Waals surface area contributed by atoms with Crippen LogP contribution in [0.2, 0.25) is 0 Å². The maximum atomic E-state index is 12.9. The van der Waals surface area contributed by atoms with E-state index in [0.717, 1.165) is 10.4 Å². The van der Waals surface area contributed by atoms with E-state index in [0.29, 0.717) is 18.0 Å². The highest BCUT2D eigenvalue weighted by molar-refractivity contribution is 7.12. The predicted octanol–water partition coefficient (Wildman–Crippen LogP) is 3.05. The molecule has 0 fully saturated rings. The van der Waals surface area contributed by atoms with Crippen LogP contribution in [0.5, 0.6) is 0 Å². The molecule has 1 N–H and O–H groups in total. The number of benzene rings is 1. The molecule has 0 saturated carbocycles. The first-order valence-electron chi connectivity index (χ1n) is 5.22. The molecule has 0 saturated heterocycles. The van der Waals surface area contributed by atoms with Crippen molar-refractivity contribution in [1.82, 2.24) is 5.32 Å². The number of thiophene rings is 1. The van der Waals surface area contributed by atoms with Crippen LogP contribution >= 0.6 is 11.3 Å². The Morgan fingerprint density at radius 1 is 1.24 bits per heavy atom. The highest BCUT2D eigenvalue weighted by Crippen LogP contribution is 2.15. The van der Waals surface area contributed by atoms with Gasteiger partial charge in [0.2, 0.25) is 0 Å². The van der Waals surface area contributed by atoms with Crippen LogP contribution in [-0.2, 0) is 13.1 Å². The van der Waals surface area contributed by atoms with Gasteiger partial charge in [-0.25, -0.2) is 4.39 Å². The summed E-state index contributed by atoms with van der Waals surface area (Å²) in [6.45, 7) is 1.32. The maximum absolute atomic E-state index is 12.9. The Morgan fingerprint density at radius 3 is 2.82 bits per heavy atom. The summed E-state index contributed by atoms with van der Waals surface area (Å²) in [5.74, 6) is -0.216. The Balaban J connectivity index is 1.85. The zero-order valence-corrected chi connectivity index (χ0v) is 9.93. The number of nitrogens with one attached hydrogen (secondary N) is 1. The van der Waals surface area contributed by atoms with Gasteiger partial charge in [-0.2, -0.15) is 5.26 Å². The lowest BCUT2D eigenvalue weighted by Gasteiger charge is -2.03. The minimum atomic E-state index is -0.216. The Hall–Kier alpha value is -1.70. The average Bonchev–Trinajstić information content (AvgIpc) is 2.77. The molecule has 0 unspecified atom stereocenters. The van der Waals surface area contributed by atoms with Gasteiger partial charge in [-0.05, 0) is 29.8 Å². The first kappa shape index (κ1) is 11.8. The van der Waals surface area contributed by atoms with Crippen molar-refractivity contribution in [3.8, 4) is 6.07 Å². The first-order valence-corrected chi connectivity index (χ1v) is 6.03. The SMILES string of the molecule is N#Cc1ccc(CNCc2cccc(F)c2)s1. The van der Waals surface area contributed by atoms with E-state index in [1.165, 1.54) is 23.5 Å². The number of halogens is 1. The molecule has 1 aromatic heterocycles. The quantitative estimate of drug-likeness (QED) is 0.900. The van der Waals surface area contributed by atoms with Crippen LogP contribution in [0.25, 0.3) is 0 Å². The highest BCUT2D eigenvalue weighted by Gasteiger charge is 1.99. The Morgan fingerprint density at radius 2 is 2.12 bits per heavy atom. The van der Waals surface area contributed by atoms with Crippen molar-refractivity contribution in [2.75, 3.05) is 0 Å². The minimum Gasteiger partial charge on any atom is -0.308 e. The molecular formula is C13H11FN2S. The van der Waals surface area contributed by atoms with Crippen molar-refractivity contribution in [3.05, 3.63) is 57.5 Å². The zero-order valence-electron chi connectivity index (χ0n) is 9.11. The van der Waals surface area contributed by atoms with E-state index in [9.17, 15) is 4.39 Å². The fraction of sp³-hybridized carbons (Fsp3) is 0.154. The molecular weight excluding hydrogens is 235 g/mol. The van der Waals surface area contributed by atoms with Gasteiger partial charge in [0, 0.05) is 18.0 Å². The lowest BCUT2D eigenvalue weighted by atomic mass is 10.2. The Bertz CT molecular complexity index is 542. The van der Waals surface area contributed by atoms with E-state index >= 15 is 0 Å². The monoisotopic (exact) mass is 246 g/mol. The van der Waals surface area contributed by atoms with E-state index in [1.807, 2.05) is 18.2 Å². The molecule has 1 aromatic carbocycles. The molecule has 0 aliphatic heterocycles. The Kier molecular flexibility index (Phi) is 3.86. The van der Waals surface area contributed by atoms with Gasteiger partial charge in [0.25, 0.3) is 0 Å². The summed E-state index contributed by atoms with van der Waals surface area (Å²) < 4.78 is 12.9. The molecule has 0 bridgehead atoms. The van der Waals surface area contributed by atoms with E-state index < -0.39 is 0 Å². The molecule has 0 radical (unpaired) electrons. The van der Waals surface area contributed by atoms with Gasteiger partial charge >= 0.3 is 0 Å². The van der Waals surface area contributed by atoms with E-state index in [-0.39, 0.29) is 5.82 Å². The van der Waals surface area contributed by atoms with Gasteiger partial charge in [0.1, 0.15) is 16.8 Å². The molecule has 1 heterocycles. The van der Waals surface area contributed by atoms with Crippen LogP contribution in [-0.4, -0.2) is 0 Å². The van der Waals surface area contributed by atoms with Gasteiger partial charge in [-0.1, -0.05) is 12.1 Å². The van der Waals surface area contributed by atoms with Crippen LogP contribution in [0.1, 0.15) is 15.3 Å². The molecule has 86 valence electrons. The Labute approximate surface area is 103 Å². The van der Waals surface area contributed by atoms with Gasteiger partial charge in [-0.15, -0.1) is 11.3 Å². The summed E-state index contributed by atoms with van der Waals surface area (Å²) in [6, 6.07) is 12.4. The zero-order chi connectivity index (χ0) is 12.1. The number of hydrogen-bond donors (Lipinski definition) is 1. The summed E-state index contributed by atoms with van der Waals surface area (Å²) in [7, 11) is 0. The summed E-state index contributed by atoms with van der Waals surface area (Å²) in [4.78, 5) is 1.82. The van der Waals surface area contributed by atoms with Crippen LogP contribution < -0.4 is 5.32 Å². The lowest BCUT2D eigenvalue weighted by molar-refractivity contribution is 0.620. The maximum Gasteiger partial charge on any atom is 0.123 e. The topological polar surface area (TPSA) is 35.8 Å². The third kappa shape index (κ3) is 3.38. The first-order chi connectivity index (χ1) is 8.28. The van der Waals surface area contributed by atoms with Crippen molar-refractivity contribution in [2.45, 2.75) is 13.1 Å². The summed E-state index contributed by atoms with van der Waals surface area (Å²) >= 11 is 1.47. The summed E-state index contributed by atoms with van der Waals surface area (Å²) in [5, 5.41) is 11.9. The summed E-state index contributed by atoms with van der Waals surface area (Å²) in [5.41, 5.74) is 0.919. The molecule has 17 heavy (non-hydrogen) atoms. The normalized spacial score (nSPS) is 10.1. The fourth-order valence-electron chi connectivity index (χ4n) is 1.51. The minimum absolute atomic E-state index is 0.216. The molecule has 2 nitrogen and oxygen atoms in total. The van der Waals surface area contributed by atoms with Crippen molar-refractivity contribution < 1.29 is 4.39 Å². The molecule has 2 rings (SSSR count). The summed E-state index contributed by atoms with van der Waals surface area (Å²) in [6.07, 6.45) is 0. The van der Waals surface area contributed by atoms with Crippen LogP contribution in [0.15, 0.2) is 36.4 Å². The van der Waals surface area contributed by atoms with Crippen LogP contribution in [0.4, 0.5) is 4.39 Å². The van der Waals surface area contributed by atoms with Gasteiger partial charge in [-0.3, -0.25) is 0 Å². The smallest absolute Gasteiger partial charge is 0.123 e. The third-order valence-corrected chi connectivity index (χ3v) is 3.28. The molecule has 0 aliphatic carbocycles. The standard InChI is InChI=1S/C13H11FN2S/c14-11-3-1-2-10(6-11)8-16-9-13-5-4-12(7-15)17-13/h1-6,16H,8-9H2. The van der Waals surface area contributed by atoms with Crippen LogP contribution in [0.3, 0.4) is 0 Å². The van der Waals surface area contributed by atoms with Crippen LogP contribution in [0, 0.1) is 17.1 Å². The molecule has 0 atom stereocenters. The van der Waals surface area contributed by atoms with Crippen molar-refractivity contribution in [1.29, 1.82) is 5.26 Å². The number of nitrogens with zero attached hydrogens (tertiary/aromatic N) is 1. The largest absolute Gasteiger partial charge is 0.308 e. The lowest BCUT2D eigenvalue weighted by Crippen LogP contribution is -2.11. The average molecular weight is 246 g/mol. The molecule has 0 aliphatic rings. The predicted molar refractivity (Wildman–Crippen MR) is 66.0 cm³/mol. The van der Waals surface area contributed by atoms with Crippen molar-refractivity contribution in [3.63, 3.8) is 0 Å². The molecule has 0 spiro atoms. The highest BCUT2D eigenvalue weighted by atomic mass is 32.1.